The molecule has 0 radical (unpaired) electrons. The second-order valence-electron chi connectivity index (χ2n) is 9.72. The van der Waals surface area contributed by atoms with Gasteiger partial charge in [0.1, 0.15) is 29.2 Å². The van der Waals surface area contributed by atoms with Crippen molar-refractivity contribution >= 4 is 34.7 Å². The Bertz CT molecular complexity index is 1600. The number of ether oxygens (including phenoxy) is 2. The van der Waals surface area contributed by atoms with Gasteiger partial charge in [0.15, 0.2) is 5.78 Å². The van der Waals surface area contributed by atoms with Crippen LogP contribution < -0.4 is 10.6 Å². The molecule has 0 saturated carbocycles. The number of benzene rings is 2. The highest BCUT2D eigenvalue weighted by Gasteiger charge is 2.51. The van der Waals surface area contributed by atoms with E-state index in [2.05, 4.69) is 0 Å². The minimum Gasteiger partial charge on any atom is -0.465 e. The van der Waals surface area contributed by atoms with Gasteiger partial charge in [-0.25, -0.2) is 18.0 Å². The summed E-state index contributed by atoms with van der Waals surface area (Å²) in [5.74, 6) is -8.05. The fourth-order valence-corrected chi connectivity index (χ4v) is 6.50. The molecule has 0 spiro atoms. The van der Waals surface area contributed by atoms with Gasteiger partial charge in [-0.05, 0) is 61.5 Å². The van der Waals surface area contributed by atoms with Crippen LogP contribution in [0.15, 0.2) is 82.6 Å². The summed E-state index contributed by atoms with van der Waals surface area (Å²) in [4.78, 5) is 43.3. The Labute approximate surface area is 244 Å². The second-order valence-corrected chi connectivity index (χ2v) is 10.7. The van der Waals surface area contributed by atoms with Crippen molar-refractivity contribution in [1.29, 1.82) is 0 Å². The van der Waals surface area contributed by atoms with E-state index < -0.39 is 52.9 Å². The number of nitrogens with two attached hydrogens (primary N) is 1. The molecule has 0 saturated heterocycles. The molecule has 2 heterocycles. The molecule has 0 unspecified atom stereocenters. The van der Waals surface area contributed by atoms with Gasteiger partial charge in [-0.15, -0.1) is 11.3 Å². The molecule has 2 N–H and O–H groups in total. The van der Waals surface area contributed by atoms with Gasteiger partial charge in [0.2, 0.25) is 0 Å². The van der Waals surface area contributed by atoms with Crippen LogP contribution in [-0.2, 0) is 23.9 Å². The Hall–Kier alpha value is -4.38. The van der Waals surface area contributed by atoms with Crippen molar-refractivity contribution in [1.82, 2.24) is 0 Å². The molecule has 1 aromatic heterocycles. The Morgan fingerprint density at radius 1 is 1.00 bits per heavy atom. The van der Waals surface area contributed by atoms with Crippen LogP contribution in [-0.4, -0.2) is 30.9 Å². The highest BCUT2D eigenvalue weighted by atomic mass is 32.1. The van der Waals surface area contributed by atoms with Gasteiger partial charge in [-0.2, -0.15) is 0 Å². The lowest BCUT2D eigenvalue weighted by molar-refractivity contribution is -0.152. The minimum atomic E-state index is -1.28. The zero-order valence-electron chi connectivity index (χ0n) is 22.7. The van der Waals surface area contributed by atoms with E-state index in [1.807, 2.05) is 0 Å². The first kappa shape index (κ1) is 29.1. The number of carbonyl (C=O) groups is 3. The minimum absolute atomic E-state index is 0.00607. The van der Waals surface area contributed by atoms with Crippen LogP contribution in [0.5, 0.6) is 0 Å². The van der Waals surface area contributed by atoms with E-state index in [0.29, 0.717) is 16.5 Å². The molecule has 7 nitrogen and oxygen atoms in total. The number of anilines is 1. The molecule has 2 aromatic carbocycles. The number of hydrogen-bond donors (Lipinski definition) is 1. The van der Waals surface area contributed by atoms with Crippen molar-refractivity contribution in [3.8, 4) is 0 Å². The lowest BCUT2D eigenvalue weighted by Gasteiger charge is -2.43. The molecule has 3 atom stereocenters. The molecule has 0 fully saturated rings. The van der Waals surface area contributed by atoms with Crippen molar-refractivity contribution in [2.75, 3.05) is 18.1 Å². The van der Waals surface area contributed by atoms with Crippen molar-refractivity contribution < 1.29 is 37.0 Å². The number of hydrogen-bond acceptors (Lipinski definition) is 8. The van der Waals surface area contributed by atoms with Crippen LogP contribution in [0.25, 0.3) is 0 Å². The Kier molecular flexibility index (Phi) is 8.22. The number of allylic oxidation sites excluding steroid dienone is 2. The molecule has 2 aliphatic rings. The zero-order valence-corrected chi connectivity index (χ0v) is 23.6. The van der Waals surface area contributed by atoms with Gasteiger partial charge in [-0.1, -0.05) is 18.2 Å². The van der Waals surface area contributed by atoms with Gasteiger partial charge in [0, 0.05) is 28.1 Å². The molecular weight excluding hydrogens is 569 g/mol. The van der Waals surface area contributed by atoms with E-state index in [4.69, 9.17) is 15.2 Å². The monoisotopic (exact) mass is 596 g/mol. The summed E-state index contributed by atoms with van der Waals surface area (Å²) in [6.45, 7) is 3.20. The first-order chi connectivity index (χ1) is 20.2. The van der Waals surface area contributed by atoms with Crippen LogP contribution in [0.4, 0.5) is 18.9 Å². The summed E-state index contributed by atoms with van der Waals surface area (Å²) >= 11 is 1.34. The maximum Gasteiger partial charge on any atom is 0.338 e. The SMILES string of the molecule is CCOC(=O)C1=C(N)N(c2ccc(F)cc2F)C2=C(C(=O)[C@H](C(=O)OCC)[C@@H](c3cccs3)C2)[C@@H]1c1ccc(F)cc1. The molecule has 3 aromatic rings. The first-order valence-electron chi connectivity index (χ1n) is 13.3. The summed E-state index contributed by atoms with van der Waals surface area (Å²) in [7, 11) is 0. The fourth-order valence-electron chi connectivity index (χ4n) is 5.64. The quantitative estimate of drug-likeness (QED) is 0.276. The average molecular weight is 597 g/mol. The van der Waals surface area contributed by atoms with E-state index >= 15 is 4.39 Å². The summed E-state index contributed by atoms with van der Waals surface area (Å²) in [5.41, 5.74) is 6.80. The maximum absolute atomic E-state index is 15.4. The normalized spacial score (nSPS) is 20.5. The second kappa shape index (κ2) is 11.8. The summed E-state index contributed by atoms with van der Waals surface area (Å²) in [6, 6.07) is 11.6. The number of thiophene rings is 1. The number of ketones is 1. The lowest BCUT2D eigenvalue weighted by atomic mass is 9.68. The number of halogens is 3. The molecule has 5 rings (SSSR count). The Morgan fingerprint density at radius 2 is 1.69 bits per heavy atom. The number of esters is 2. The van der Waals surface area contributed by atoms with Gasteiger partial charge in [-0.3, -0.25) is 14.5 Å². The highest BCUT2D eigenvalue weighted by molar-refractivity contribution is 7.10. The predicted octanol–water partition coefficient (Wildman–Crippen LogP) is 5.69. The van der Waals surface area contributed by atoms with E-state index in [1.165, 1.54) is 40.5 Å². The molecule has 11 heteroatoms. The summed E-state index contributed by atoms with van der Waals surface area (Å²) < 4.78 is 54.0. The van der Waals surface area contributed by atoms with Crippen molar-refractivity contribution in [2.24, 2.45) is 11.7 Å². The molecular formula is C31H27F3N2O5S. The predicted molar refractivity (Wildman–Crippen MR) is 150 cm³/mol. The highest BCUT2D eigenvalue weighted by Crippen LogP contribution is 2.52. The average Bonchev–Trinajstić information content (AvgIpc) is 3.49. The number of Topliss-reactive ketones (excluding diaryl/α,β-unsaturated/α-hetero) is 1. The van der Waals surface area contributed by atoms with Crippen LogP contribution in [0.3, 0.4) is 0 Å². The van der Waals surface area contributed by atoms with E-state index in [0.717, 1.165) is 12.1 Å². The number of carbonyl (C=O) groups excluding carboxylic acids is 3. The molecule has 1 aliphatic carbocycles. The third-order valence-electron chi connectivity index (χ3n) is 7.34. The number of rotatable bonds is 7. The van der Waals surface area contributed by atoms with Crippen LogP contribution in [0.1, 0.15) is 42.5 Å². The topological polar surface area (TPSA) is 98.9 Å². The fraction of sp³-hybridized carbons (Fsp3) is 0.258. The van der Waals surface area contributed by atoms with E-state index in [1.54, 1.807) is 31.4 Å². The summed E-state index contributed by atoms with van der Waals surface area (Å²) in [5, 5.41) is 1.80. The Morgan fingerprint density at radius 3 is 2.31 bits per heavy atom. The standard InChI is InChI=1S/C31H27F3N2O5S/c1-3-40-30(38)25-19(23-6-5-13-42-23)15-22-26(28(25)37)24(16-7-9-17(32)10-8-16)27(31(39)41-4-2)29(35)36(22)21-12-11-18(33)14-20(21)34/h5-14,19,24-25H,3-4,15,35H2,1-2H3/t19-,24+,25-/m1/s1. The van der Waals surface area contributed by atoms with Crippen molar-refractivity contribution in [3.63, 3.8) is 0 Å². The van der Waals surface area contributed by atoms with Gasteiger partial charge in [0.05, 0.1) is 30.4 Å². The smallest absolute Gasteiger partial charge is 0.338 e. The van der Waals surface area contributed by atoms with Crippen molar-refractivity contribution in [2.45, 2.75) is 32.1 Å². The molecule has 218 valence electrons. The Balaban J connectivity index is 1.83. The molecule has 0 amide bonds. The first-order valence-corrected chi connectivity index (χ1v) is 14.2. The number of nitrogens with zero attached hydrogens (tertiary/aromatic N) is 1. The van der Waals surface area contributed by atoms with E-state index in [-0.39, 0.29) is 48.0 Å². The van der Waals surface area contributed by atoms with Crippen LogP contribution in [0, 0.1) is 23.4 Å². The van der Waals surface area contributed by atoms with Crippen molar-refractivity contribution in [3.05, 3.63) is 111 Å². The summed E-state index contributed by atoms with van der Waals surface area (Å²) in [6.07, 6.45) is 0.0242. The van der Waals surface area contributed by atoms with Crippen LogP contribution in [0.2, 0.25) is 0 Å². The van der Waals surface area contributed by atoms with E-state index in [9.17, 15) is 23.2 Å². The maximum atomic E-state index is 15.4. The molecule has 1 aliphatic heterocycles. The third-order valence-corrected chi connectivity index (χ3v) is 8.34. The zero-order chi connectivity index (χ0) is 30.1. The van der Waals surface area contributed by atoms with Gasteiger partial charge < -0.3 is 15.2 Å². The van der Waals surface area contributed by atoms with Gasteiger partial charge in [0.25, 0.3) is 0 Å². The van der Waals surface area contributed by atoms with Crippen LogP contribution >= 0.6 is 11.3 Å². The third kappa shape index (κ3) is 5.09. The van der Waals surface area contributed by atoms with Gasteiger partial charge >= 0.3 is 11.9 Å². The molecule has 42 heavy (non-hydrogen) atoms. The largest absolute Gasteiger partial charge is 0.465 e. The molecule has 0 bridgehead atoms. The lowest BCUT2D eigenvalue weighted by Crippen LogP contribution is -2.46.